The number of nitrogens with one attached hydrogen (secondary N) is 1. The average molecular weight is 387 g/mol. The van der Waals surface area contributed by atoms with Gasteiger partial charge in [0.2, 0.25) is 0 Å². The summed E-state index contributed by atoms with van der Waals surface area (Å²) in [6.07, 6.45) is 0. The molecule has 29 heavy (non-hydrogen) atoms. The molecule has 0 aliphatic rings. The largest absolute Gasteiger partial charge is 0.465 e. The molecule has 146 valence electrons. The molecule has 0 aliphatic carbocycles. The molecule has 4 aromatic rings. The fourth-order valence-corrected chi connectivity index (χ4v) is 3.27. The van der Waals surface area contributed by atoms with E-state index < -0.39 is 0 Å². The molecule has 1 amide bonds. The molecule has 6 nitrogen and oxygen atoms in total. The van der Waals surface area contributed by atoms with E-state index in [9.17, 15) is 9.59 Å². The number of amides is 1. The van der Waals surface area contributed by atoms with Crippen molar-refractivity contribution >= 4 is 16.9 Å². The van der Waals surface area contributed by atoms with Gasteiger partial charge in [-0.3, -0.25) is 9.59 Å². The lowest BCUT2D eigenvalue weighted by molar-refractivity contribution is 0.0948. The van der Waals surface area contributed by atoms with E-state index >= 15 is 0 Å². The van der Waals surface area contributed by atoms with Gasteiger partial charge < -0.3 is 14.3 Å². The van der Waals surface area contributed by atoms with Crippen molar-refractivity contribution < 1.29 is 9.21 Å². The molecule has 2 aromatic carbocycles. The molecule has 0 radical (unpaired) electrons. The lowest BCUT2D eigenvalue weighted by Crippen LogP contribution is -2.25. The van der Waals surface area contributed by atoms with E-state index in [4.69, 9.17) is 4.42 Å². The van der Waals surface area contributed by atoms with Gasteiger partial charge in [0.25, 0.3) is 11.5 Å². The lowest BCUT2D eigenvalue weighted by Gasteiger charge is -2.11. The van der Waals surface area contributed by atoms with Gasteiger partial charge in [0, 0.05) is 5.56 Å². The number of aryl methyl sites for hydroxylation is 2. The van der Waals surface area contributed by atoms with Crippen molar-refractivity contribution in [3.05, 3.63) is 99.4 Å². The molecule has 0 aliphatic heterocycles. The second-order valence-corrected chi connectivity index (χ2v) is 6.97. The van der Waals surface area contributed by atoms with E-state index in [-0.39, 0.29) is 11.5 Å². The fourth-order valence-electron chi connectivity index (χ4n) is 3.27. The second kappa shape index (κ2) is 7.75. The van der Waals surface area contributed by atoms with Crippen LogP contribution in [-0.4, -0.2) is 15.5 Å². The number of carbonyl (C=O) groups is 1. The van der Waals surface area contributed by atoms with Gasteiger partial charge in [-0.25, -0.2) is 4.98 Å². The molecule has 0 saturated heterocycles. The fraction of sp³-hybridized carbons (Fsp3) is 0.174. The highest BCUT2D eigenvalue weighted by atomic mass is 16.3. The summed E-state index contributed by atoms with van der Waals surface area (Å²) in [4.78, 5) is 29.3. The first-order chi connectivity index (χ1) is 14.0. The Kier molecular flexibility index (Phi) is 4.99. The van der Waals surface area contributed by atoms with E-state index in [1.807, 2.05) is 55.5 Å². The van der Waals surface area contributed by atoms with Gasteiger partial charge in [0.05, 0.1) is 24.1 Å². The van der Waals surface area contributed by atoms with Crippen molar-refractivity contribution in [2.45, 2.75) is 26.9 Å². The first kappa shape index (κ1) is 18.7. The molecule has 0 atom stereocenters. The molecule has 0 fully saturated rings. The number of nitrogens with zero attached hydrogens (tertiary/aromatic N) is 2. The second-order valence-electron chi connectivity index (χ2n) is 6.97. The smallest absolute Gasteiger partial charge is 0.272 e. The number of carbonyl (C=O) groups excluding carboxylic acids is 1. The molecular weight excluding hydrogens is 366 g/mol. The van der Waals surface area contributed by atoms with Gasteiger partial charge in [-0.05, 0) is 55.8 Å². The van der Waals surface area contributed by atoms with Crippen LogP contribution in [0.5, 0.6) is 0 Å². The maximum absolute atomic E-state index is 12.6. The van der Waals surface area contributed by atoms with Gasteiger partial charge >= 0.3 is 0 Å². The zero-order valence-corrected chi connectivity index (χ0v) is 16.3. The minimum absolute atomic E-state index is 0.112. The highest BCUT2D eigenvalue weighted by Crippen LogP contribution is 2.13. The van der Waals surface area contributed by atoms with Crippen molar-refractivity contribution in [3.63, 3.8) is 0 Å². The quantitative estimate of drug-likeness (QED) is 0.568. The summed E-state index contributed by atoms with van der Waals surface area (Å²) in [6.45, 7) is 4.34. The van der Waals surface area contributed by atoms with Crippen LogP contribution in [0.3, 0.4) is 0 Å². The predicted molar refractivity (Wildman–Crippen MR) is 111 cm³/mol. The number of rotatable bonds is 5. The molecule has 0 bridgehead atoms. The summed E-state index contributed by atoms with van der Waals surface area (Å²) in [5.74, 6) is 1.35. The molecule has 6 heteroatoms. The number of furan rings is 1. The molecule has 0 unspecified atom stereocenters. The Labute approximate surface area is 167 Å². The first-order valence-corrected chi connectivity index (χ1v) is 9.40. The van der Waals surface area contributed by atoms with Gasteiger partial charge in [-0.1, -0.05) is 24.3 Å². The number of para-hydroxylation sites is 2. The summed E-state index contributed by atoms with van der Waals surface area (Å²) < 4.78 is 7.17. The van der Waals surface area contributed by atoms with Crippen LogP contribution in [0.2, 0.25) is 0 Å². The molecule has 1 N–H and O–H groups in total. The predicted octanol–water partition coefficient (Wildman–Crippen LogP) is 3.58. The number of hydrogen-bond acceptors (Lipinski definition) is 4. The van der Waals surface area contributed by atoms with Crippen LogP contribution in [0.4, 0.5) is 0 Å². The molecule has 2 heterocycles. The minimum Gasteiger partial charge on any atom is -0.465 e. The Bertz CT molecular complexity index is 1240. The monoisotopic (exact) mass is 387 g/mol. The number of benzene rings is 2. The molecule has 4 rings (SSSR count). The van der Waals surface area contributed by atoms with Crippen LogP contribution in [0.25, 0.3) is 11.0 Å². The lowest BCUT2D eigenvalue weighted by atomic mass is 10.1. The summed E-state index contributed by atoms with van der Waals surface area (Å²) in [6, 6.07) is 18.5. The van der Waals surface area contributed by atoms with Crippen molar-refractivity contribution in [1.82, 2.24) is 14.9 Å². The minimum atomic E-state index is -0.173. The average Bonchev–Trinajstić information content (AvgIpc) is 3.15. The highest BCUT2D eigenvalue weighted by molar-refractivity contribution is 5.94. The van der Waals surface area contributed by atoms with E-state index in [0.29, 0.717) is 30.1 Å². The molecule has 0 spiro atoms. The van der Waals surface area contributed by atoms with E-state index in [1.54, 1.807) is 23.6 Å². The van der Waals surface area contributed by atoms with Gasteiger partial charge in [0.15, 0.2) is 0 Å². The Morgan fingerprint density at radius 3 is 2.52 bits per heavy atom. The zero-order valence-electron chi connectivity index (χ0n) is 16.3. The van der Waals surface area contributed by atoms with Crippen LogP contribution in [0, 0.1) is 13.8 Å². The third kappa shape index (κ3) is 3.96. The standard InChI is InChI=1S/C23H21N3O3/c1-15-7-12-19(29-15)13-24-22(27)18-10-8-17(9-11-18)14-26-21-6-4-3-5-20(21)25-16(2)23(26)28/h3-12H,13-14H2,1-2H3,(H,24,27). The van der Waals surface area contributed by atoms with Crippen molar-refractivity contribution in [1.29, 1.82) is 0 Å². The third-order valence-electron chi connectivity index (χ3n) is 4.79. The van der Waals surface area contributed by atoms with Crippen molar-refractivity contribution in [2.75, 3.05) is 0 Å². The zero-order chi connectivity index (χ0) is 20.4. The van der Waals surface area contributed by atoms with E-state index in [1.165, 1.54) is 0 Å². The Hall–Kier alpha value is -3.67. The van der Waals surface area contributed by atoms with E-state index in [2.05, 4.69) is 10.3 Å². The third-order valence-corrected chi connectivity index (χ3v) is 4.79. The maximum Gasteiger partial charge on any atom is 0.272 e. The molecular formula is C23H21N3O3. The summed E-state index contributed by atoms with van der Waals surface area (Å²) in [5.41, 5.74) is 3.42. The van der Waals surface area contributed by atoms with E-state index in [0.717, 1.165) is 22.4 Å². The highest BCUT2D eigenvalue weighted by Gasteiger charge is 2.10. The van der Waals surface area contributed by atoms with Gasteiger partial charge in [-0.2, -0.15) is 0 Å². The first-order valence-electron chi connectivity index (χ1n) is 9.40. The maximum atomic E-state index is 12.6. The molecule has 0 saturated carbocycles. The summed E-state index contributed by atoms with van der Waals surface area (Å²) in [5, 5.41) is 2.84. The SMILES string of the molecule is Cc1ccc(CNC(=O)c2ccc(Cn3c(=O)c(C)nc4ccccc43)cc2)o1. The van der Waals surface area contributed by atoms with Crippen LogP contribution in [0.1, 0.15) is 33.1 Å². The Morgan fingerprint density at radius 2 is 1.79 bits per heavy atom. The number of aromatic nitrogens is 2. The van der Waals surface area contributed by atoms with Crippen LogP contribution in [-0.2, 0) is 13.1 Å². The van der Waals surface area contributed by atoms with Gasteiger partial charge in [-0.15, -0.1) is 0 Å². The normalized spacial score (nSPS) is 11.0. The van der Waals surface area contributed by atoms with Crippen LogP contribution >= 0.6 is 0 Å². The number of fused-ring (bicyclic) bond motifs is 1. The topological polar surface area (TPSA) is 77.1 Å². The van der Waals surface area contributed by atoms with Gasteiger partial charge in [0.1, 0.15) is 17.2 Å². The summed E-state index contributed by atoms with van der Waals surface area (Å²) in [7, 11) is 0. The Balaban J connectivity index is 1.52. The van der Waals surface area contributed by atoms with Crippen LogP contribution in [0.15, 0.2) is 69.9 Å². The van der Waals surface area contributed by atoms with Crippen LogP contribution < -0.4 is 10.9 Å². The van der Waals surface area contributed by atoms with Crippen molar-refractivity contribution in [3.8, 4) is 0 Å². The number of hydrogen-bond donors (Lipinski definition) is 1. The Morgan fingerprint density at radius 1 is 1.03 bits per heavy atom. The van der Waals surface area contributed by atoms with Crippen molar-refractivity contribution in [2.24, 2.45) is 0 Å². The molecule has 2 aromatic heterocycles. The summed E-state index contributed by atoms with van der Waals surface area (Å²) >= 11 is 0.